The van der Waals surface area contributed by atoms with Crippen molar-refractivity contribution in [2.75, 3.05) is 26.2 Å². The summed E-state index contributed by atoms with van der Waals surface area (Å²) in [6.45, 7) is 4.65. The summed E-state index contributed by atoms with van der Waals surface area (Å²) in [6.07, 6.45) is 0.708. The molecule has 9 heteroatoms. The van der Waals surface area contributed by atoms with Gasteiger partial charge in [0.25, 0.3) is 0 Å². The van der Waals surface area contributed by atoms with E-state index in [0.717, 1.165) is 0 Å². The molecule has 1 fully saturated rings. The van der Waals surface area contributed by atoms with Gasteiger partial charge in [0.1, 0.15) is 0 Å². The van der Waals surface area contributed by atoms with Crippen molar-refractivity contribution in [1.82, 2.24) is 19.3 Å². The number of hydrogen-bond acceptors (Lipinski definition) is 6. The Labute approximate surface area is 146 Å². The summed E-state index contributed by atoms with van der Waals surface area (Å²) in [5, 5.41) is 4.45. The summed E-state index contributed by atoms with van der Waals surface area (Å²) in [4.78, 5) is 6.68. The molecule has 24 heavy (non-hydrogen) atoms. The lowest BCUT2D eigenvalue weighted by Crippen LogP contribution is -2.48. The van der Waals surface area contributed by atoms with Crippen molar-refractivity contribution < 1.29 is 12.9 Å². The molecule has 7 nitrogen and oxygen atoms in total. The number of piperazine rings is 1. The van der Waals surface area contributed by atoms with E-state index in [1.807, 2.05) is 6.92 Å². The first kappa shape index (κ1) is 17.3. The van der Waals surface area contributed by atoms with E-state index < -0.39 is 10.0 Å². The third-order valence-electron chi connectivity index (χ3n) is 3.96. The average Bonchev–Trinajstić information content (AvgIpc) is 3.03. The predicted molar refractivity (Wildman–Crippen MR) is 89.2 cm³/mol. The van der Waals surface area contributed by atoms with Crippen LogP contribution in [0.25, 0.3) is 0 Å². The van der Waals surface area contributed by atoms with Crippen LogP contribution in [0.1, 0.15) is 18.6 Å². The molecule has 1 saturated heterocycles. The normalized spacial score (nSPS) is 17.2. The molecule has 130 valence electrons. The number of rotatable bonds is 5. The number of sulfonamides is 1. The monoisotopic (exact) mass is 370 g/mol. The number of hydrogen-bond donors (Lipinski definition) is 0. The average molecular weight is 371 g/mol. The molecule has 0 saturated carbocycles. The number of benzene rings is 1. The maximum atomic E-state index is 12.6. The highest BCUT2D eigenvalue weighted by Gasteiger charge is 2.28. The Morgan fingerprint density at radius 2 is 1.83 bits per heavy atom. The van der Waals surface area contributed by atoms with Gasteiger partial charge in [0.15, 0.2) is 5.82 Å². The summed E-state index contributed by atoms with van der Waals surface area (Å²) in [6, 6.07) is 6.25. The van der Waals surface area contributed by atoms with Crippen molar-refractivity contribution in [3.8, 4) is 0 Å². The lowest BCUT2D eigenvalue weighted by Gasteiger charge is -2.33. The first-order valence-electron chi connectivity index (χ1n) is 7.78. The van der Waals surface area contributed by atoms with Gasteiger partial charge in [-0.25, -0.2) is 8.42 Å². The fraction of sp³-hybridized carbons (Fsp3) is 0.467. The number of aromatic nitrogens is 2. The lowest BCUT2D eigenvalue weighted by atomic mass is 10.3. The fourth-order valence-electron chi connectivity index (χ4n) is 2.58. The van der Waals surface area contributed by atoms with Crippen molar-refractivity contribution in [2.24, 2.45) is 0 Å². The molecule has 1 aromatic carbocycles. The van der Waals surface area contributed by atoms with Crippen molar-refractivity contribution in [2.45, 2.75) is 24.8 Å². The van der Waals surface area contributed by atoms with Gasteiger partial charge in [-0.05, 0) is 24.3 Å². The fourth-order valence-corrected chi connectivity index (χ4v) is 4.13. The summed E-state index contributed by atoms with van der Waals surface area (Å²) in [5.41, 5.74) is 0. The molecule has 2 heterocycles. The second kappa shape index (κ2) is 7.18. The van der Waals surface area contributed by atoms with E-state index in [0.29, 0.717) is 55.9 Å². The van der Waals surface area contributed by atoms with Crippen LogP contribution in [0.15, 0.2) is 33.7 Å². The van der Waals surface area contributed by atoms with Gasteiger partial charge in [0.05, 0.1) is 11.4 Å². The summed E-state index contributed by atoms with van der Waals surface area (Å²) >= 11 is 5.82. The SMILES string of the molecule is CCc1nc(CN2CCN(S(=O)(=O)c3ccc(Cl)cc3)CC2)no1. The van der Waals surface area contributed by atoms with Crippen LogP contribution < -0.4 is 0 Å². The molecule has 0 bridgehead atoms. The molecule has 1 aliphatic heterocycles. The van der Waals surface area contributed by atoms with Crippen molar-refractivity contribution in [1.29, 1.82) is 0 Å². The zero-order chi connectivity index (χ0) is 17.2. The van der Waals surface area contributed by atoms with Gasteiger partial charge in [0.2, 0.25) is 15.9 Å². The number of halogens is 1. The Balaban J connectivity index is 1.60. The largest absolute Gasteiger partial charge is 0.339 e. The highest BCUT2D eigenvalue weighted by Crippen LogP contribution is 2.20. The minimum absolute atomic E-state index is 0.270. The van der Waals surface area contributed by atoms with Crippen LogP contribution in [-0.4, -0.2) is 53.9 Å². The molecule has 0 spiro atoms. The van der Waals surface area contributed by atoms with E-state index in [-0.39, 0.29) is 4.90 Å². The maximum absolute atomic E-state index is 12.6. The number of nitrogens with zero attached hydrogens (tertiary/aromatic N) is 4. The van der Waals surface area contributed by atoms with E-state index in [1.54, 1.807) is 12.1 Å². The molecule has 0 unspecified atom stereocenters. The van der Waals surface area contributed by atoms with Crippen LogP contribution in [0.3, 0.4) is 0 Å². The topological polar surface area (TPSA) is 79.5 Å². The minimum atomic E-state index is -3.48. The van der Waals surface area contributed by atoms with E-state index in [4.69, 9.17) is 16.1 Å². The molecule has 1 aromatic heterocycles. The Kier molecular flexibility index (Phi) is 5.19. The van der Waals surface area contributed by atoms with Gasteiger partial charge < -0.3 is 4.52 Å². The van der Waals surface area contributed by atoms with Gasteiger partial charge in [0, 0.05) is 37.6 Å². The van der Waals surface area contributed by atoms with Crippen LogP contribution in [0.2, 0.25) is 5.02 Å². The molecule has 2 aromatic rings. The quantitative estimate of drug-likeness (QED) is 0.798. The van der Waals surface area contributed by atoms with Crippen molar-refractivity contribution >= 4 is 21.6 Å². The van der Waals surface area contributed by atoms with Crippen molar-refractivity contribution in [3.63, 3.8) is 0 Å². The van der Waals surface area contributed by atoms with E-state index in [2.05, 4.69) is 15.0 Å². The Morgan fingerprint density at radius 1 is 1.17 bits per heavy atom. The van der Waals surface area contributed by atoms with Gasteiger partial charge in [-0.2, -0.15) is 9.29 Å². The molecule has 0 aliphatic carbocycles. The molecule has 0 N–H and O–H groups in total. The maximum Gasteiger partial charge on any atom is 0.243 e. The molecule has 0 atom stereocenters. The standard InChI is InChI=1S/C15H19ClN4O3S/c1-2-15-17-14(18-23-15)11-19-7-9-20(10-8-19)24(21,22)13-5-3-12(16)4-6-13/h3-6H,2,7-11H2,1H3. The van der Waals surface area contributed by atoms with Crippen LogP contribution in [0.4, 0.5) is 0 Å². The first-order chi connectivity index (χ1) is 11.5. The van der Waals surface area contributed by atoms with Crippen LogP contribution in [-0.2, 0) is 23.0 Å². The van der Waals surface area contributed by atoms with E-state index in [9.17, 15) is 8.42 Å². The Morgan fingerprint density at radius 3 is 2.42 bits per heavy atom. The third kappa shape index (κ3) is 3.77. The highest BCUT2D eigenvalue weighted by molar-refractivity contribution is 7.89. The molecule has 0 radical (unpaired) electrons. The first-order valence-corrected chi connectivity index (χ1v) is 9.60. The zero-order valence-electron chi connectivity index (χ0n) is 13.4. The molecular formula is C15H19ClN4O3S. The van der Waals surface area contributed by atoms with Gasteiger partial charge >= 0.3 is 0 Å². The smallest absolute Gasteiger partial charge is 0.243 e. The second-order valence-electron chi connectivity index (χ2n) is 5.59. The van der Waals surface area contributed by atoms with E-state index in [1.165, 1.54) is 16.4 Å². The second-order valence-corrected chi connectivity index (χ2v) is 7.97. The minimum Gasteiger partial charge on any atom is -0.339 e. The van der Waals surface area contributed by atoms with Gasteiger partial charge in [-0.1, -0.05) is 23.7 Å². The molecular weight excluding hydrogens is 352 g/mol. The lowest BCUT2D eigenvalue weighted by molar-refractivity contribution is 0.176. The Hall–Kier alpha value is -1.48. The predicted octanol–water partition coefficient (Wildman–Crippen LogP) is 1.79. The Bertz CT molecular complexity index is 783. The van der Waals surface area contributed by atoms with Gasteiger partial charge in [-0.15, -0.1) is 0 Å². The summed E-state index contributed by atoms with van der Waals surface area (Å²) in [5.74, 6) is 1.26. The van der Waals surface area contributed by atoms with Crippen LogP contribution >= 0.6 is 11.6 Å². The van der Waals surface area contributed by atoms with Crippen molar-refractivity contribution in [3.05, 3.63) is 41.0 Å². The molecule has 3 rings (SSSR count). The molecule has 1 aliphatic rings. The van der Waals surface area contributed by atoms with Gasteiger partial charge in [-0.3, -0.25) is 4.90 Å². The summed E-state index contributed by atoms with van der Waals surface area (Å²) < 4.78 is 31.9. The van der Waals surface area contributed by atoms with Crippen LogP contribution in [0.5, 0.6) is 0 Å². The molecule has 0 amide bonds. The highest BCUT2D eigenvalue weighted by atomic mass is 35.5. The zero-order valence-corrected chi connectivity index (χ0v) is 14.9. The van der Waals surface area contributed by atoms with E-state index >= 15 is 0 Å². The summed E-state index contributed by atoms with van der Waals surface area (Å²) in [7, 11) is -3.48. The van der Waals surface area contributed by atoms with Crippen LogP contribution in [0, 0.1) is 0 Å². The third-order valence-corrected chi connectivity index (χ3v) is 6.13. The number of aryl methyl sites for hydroxylation is 1.